The van der Waals surface area contributed by atoms with Gasteiger partial charge in [0.15, 0.2) is 0 Å². The summed E-state index contributed by atoms with van der Waals surface area (Å²) in [6.07, 6.45) is 12.2. The maximum Gasteiger partial charge on any atom is 0.107 e. The summed E-state index contributed by atoms with van der Waals surface area (Å²) in [6, 6.07) is 0.892. The standard InChI is InChI=1S/C12H19NO/c1-2-10-14-12-6-8-13(9-7-12)11-4-3-5-11/h1,11-12H,3-10H2. The monoisotopic (exact) mass is 193 g/mol. The van der Waals surface area contributed by atoms with Crippen molar-refractivity contribution in [3.05, 3.63) is 0 Å². The van der Waals surface area contributed by atoms with E-state index in [1.165, 1.54) is 32.4 Å². The Balaban J connectivity index is 1.67. The summed E-state index contributed by atoms with van der Waals surface area (Å²) < 4.78 is 5.55. The number of piperidine rings is 1. The second-order valence-corrected chi connectivity index (χ2v) is 4.34. The molecule has 1 saturated heterocycles. The molecule has 0 bridgehead atoms. The molecule has 0 amide bonds. The van der Waals surface area contributed by atoms with E-state index in [0.29, 0.717) is 12.7 Å². The first-order valence-corrected chi connectivity index (χ1v) is 5.69. The summed E-state index contributed by atoms with van der Waals surface area (Å²) >= 11 is 0. The highest BCUT2D eigenvalue weighted by atomic mass is 16.5. The van der Waals surface area contributed by atoms with Crippen LogP contribution in [0.1, 0.15) is 32.1 Å². The van der Waals surface area contributed by atoms with E-state index in [1.807, 2.05) is 0 Å². The molecule has 2 rings (SSSR count). The Hall–Kier alpha value is -0.520. The van der Waals surface area contributed by atoms with Crippen LogP contribution >= 0.6 is 0 Å². The molecule has 1 saturated carbocycles. The minimum absolute atomic E-state index is 0.419. The predicted octanol–water partition coefficient (Wildman–Crippen LogP) is 1.65. The third kappa shape index (κ3) is 2.29. The molecule has 0 N–H and O–H groups in total. The number of hydrogen-bond acceptors (Lipinski definition) is 2. The highest BCUT2D eigenvalue weighted by molar-refractivity contribution is 4.86. The topological polar surface area (TPSA) is 12.5 Å². The van der Waals surface area contributed by atoms with Crippen LogP contribution in [0.4, 0.5) is 0 Å². The van der Waals surface area contributed by atoms with Gasteiger partial charge in [0, 0.05) is 19.1 Å². The largest absolute Gasteiger partial charge is 0.365 e. The Morgan fingerprint density at radius 1 is 1.21 bits per heavy atom. The van der Waals surface area contributed by atoms with Gasteiger partial charge in [-0.25, -0.2) is 0 Å². The molecule has 0 aromatic heterocycles. The summed E-state index contributed by atoms with van der Waals surface area (Å²) in [4.78, 5) is 2.62. The molecule has 2 nitrogen and oxygen atoms in total. The molecule has 0 aromatic rings. The van der Waals surface area contributed by atoms with E-state index in [-0.39, 0.29) is 0 Å². The minimum Gasteiger partial charge on any atom is -0.365 e. The summed E-state index contributed by atoms with van der Waals surface area (Å²) in [5.74, 6) is 2.54. The van der Waals surface area contributed by atoms with Crippen molar-refractivity contribution in [2.45, 2.75) is 44.2 Å². The lowest BCUT2D eigenvalue weighted by atomic mass is 9.90. The average molecular weight is 193 g/mol. The third-order valence-electron chi connectivity index (χ3n) is 3.47. The van der Waals surface area contributed by atoms with Gasteiger partial charge in [0.1, 0.15) is 6.61 Å². The lowest BCUT2D eigenvalue weighted by Crippen LogP contribution is -2.46. The van der Waals surface area contributed by atoms with Crippen molar-refractivity contribution in [1.29, 1.82) is 0 Å². The number of nitrogens with zero attached hydrogens (tertiary/aromatic N) is 1. The summed E-state index contributed by atoms with van der Waals surface area (Å²) in [5, 5.41) is 0. The van der Waals surface area contributed by atoms with Crippen molar-refractivity contribution < 1.29 is 4.74 Å². The molecular formula is C12H19NO. The zero-order chi connectivity index (χ0) is 9.80. The molecule has 14 heavy (non-hydrogen) atoms. The molecule has 0 radical (unpaired) electrons. The highest BCUT2D eigenvalue weighted by Gasteiger charge is 2.28. The Bertz CT molecular complexity index is 209. The van der Waals surface area contributed by atoms with Gasteiger partial charge in [0.25, 0.3) is 0 Å². The van der Waals surface area contributed by atoms with Gasteiger partial charge in [-0.2, -0.15) is 0 Å². The molecule has 78 valence electrons. The number of rotatable bonds is 3. The highest BCUT2D eigenvalue weighted by Crippen LogP contribution is 2.27. The van der Waals surface area contributed by atoms with Gasteiger partial charge in [0.05, 0.1) is 6.10 Å². The molecule has 1 aliphatic carbocycles. The first-order valence-electron chi connectivity index (χ1n) is 5.69. The predicted molar refractivity (Wildman–Crippen MR) is 57.0 cm³/mol. The maximum atomic E-state index is 5.55. The second-order valence-electron chi connectivity index (χ2n) is 4.34. The molecule has 2 heteroatoms. The molecule has 0 atom stereocenters. The SMILES string of the molecule is C#CCOC1CCN(C2CCC2)CC1. The fourth-order valence-corrected chi connectivity index (χ4v) is 2.33. The van der Waals surface area contributed by atoms with Crippen LogP contribution in [-0.4, -0.2) is 36.7 Å². The average Bonchev–Trinajstić information content (AvgIpc) is 2.14. The van der Waals surface area contributed by atoms with Crippen LogP contribution in [-0.2, 0) is 4.74 Å². The molecule has 0 unspecified atom stereocenters. The smallest absolute Gasteiger partial charge is 0.107 e. The Kier molecular flexibility index (Phi) is 3.44. The lowest BCUT2D eigenvalue weighted by molar-refractivity contribution is 0.00130. The fraction of sp³-hybridized carbons (Fsp3) is 0.833. The van der Waals surface area contributed by atoms with Gasteiger partial charge >= 0.3 is 0 Å². The molecule has 2 aliphatic rings. The summed E-state index contributed by atoms with van der Waals surface area (Å²) in [7, 11) is 0. The first kappa shape index (κ1) is 10.0. The van der Waals surface area contributed by atoms with Gasteiger partial charge in [-0.05, 0) is 25.7 Å². The van der Waals surface area contributed by atoms with Crippen molar-refractivity contribution in [1.82, 2.24) is 4.90 Å². The number of ether oxygens (including phenoxy) is 1. The maximum absolute atomic E-state index is 5.55. The van der Waals surface area contributed by atoms with Gasteiger partial charge in [0.2, 0.25) is 0 Å². The first-order chi connectivity index (χ1) is 6.90. The van der Waals surface area contributed by atoms with Crippen LogP contribution in [0.25, 0.3) is 0 Å². The number of terminal acetylenes is 1. The number of likely N-dealkylation sites (tertiary alicyclic amines) is 1. The van der Waals surface area contributed by atoms with E-state index in [4.69, 9.17) is 11.2 Å². The molecule has 0 aromatic carbocycles. The molecule has 0 spiro atoms. The molecule has 2 fully saturated rings. The van der Waals surface area contributed by atoms with Crippen LogP contribution in [0.5, 0.6) is 0 Å². The van der Waals surface area contributed by atoms with Crippen LogP contribution in [0.2, 0.25) is 0 Å². The van der Waals surface area contributed by atoms with Gasteiger partial charge in [-0.3, -0.25) is 0 Å². The van der Waals surface area contributed by atoms with Crippen LogP contribution in [0.15, 0.2) is 0 Å². The Morgan fingerprint density at radius 2 is 1.93 bits per heavy atom. The van der Waals surface area contributed by atoms with Gasteiger partial charge in [-0.1, -0.05) is 12.3 Å². The van der Waals surface area contributed by atoms with Crippen LogP contribution in [0, 0.1) is 12.3 Å². The van der Waals surface area contributed by atoms with Crippen molar-refractivity contribution in [2.24, 2.45) is 0 Å². The van der Waals surface area contributed by atoms with Crippen molar-refractivity contribution in [3.8, 4) is 12.3 Å². The second kappa shape index (κ2) is 4.82. The molecule has 1 heterocycles. The third-order valence-corrected chi connectivity index (χ3v) is 3.47. The van der Waals surface area contributed by atoms with E-state index < -0.39 is 0 Å². The minimum atomic E-state index is 0.419. The Morgan fingerprint density at radius 3 is 2.43 bits per heavy atom. The van der Waals surface area contributed by atoms with E-state index >= 15 is 0 Å². The Labute approximate surface area is 86.6 Å². The zero-order valence-corrected chi connectivity index (χ0v) is 8.74. The normalized spacial score (nSPS) is 25.6. The van der Waals surface area contributed by atoms with E-state index in [9.17, 15) is 0 Å². The van der Waals surface area contributed by atoms with Gasteiger partial charge < -0.3 is 9.64 Å². The fourth-order valence-electron chi connectivity index (χ4n) is 2.33. The van der Waals surface area contributed by atoms with Crippen LogP contribution < -0.4 is 0 Å². The summed E-state index contributed by atoms with van der Waals surface area (Å²) in [6.45, 7) is 2.90. The van der Waals surface area contributed by atoms with E-state index in [0.717, 1.165) is 18.9 Å². The van der Waals surface area contributed by atoms with Crippen molar-refractivity contribution >= 4 is 0 Å². The van der Waals surface area contributed by atoms with Gasteiger partial charge in [-0.15, -0.1) is 6.42 Å². The van der Waals surface area contributed by atoms with E-state index in [2.05, 4.69) is 10.8 Å². The van der Waals surface area contributed by atoms with Crippen LogP contribution in [0.3, 0.4) is 0 Å². The molecule has 1 aliphatic heterocycles. The van der Waals surface area contributed by atoms with E-state index in [1.54, 1.807) is 0 Å². The van der Waals surface area contributed by atoms with Crippen molar-refractivity contribution in [3.63, 3.8) is 0 Å². The quantitative estimate of drug-likeness (QED) is 0.632. The lowest BCUT2D eigenvalue weighted by Gasteiger charge is -2.41. The molecular weight excluding hydrogens is 174 g/mol. The number of hydrogen-bond donors (Lipinski definition) is 0. The summed E-state index contributed by atoms with van der Waals surface area (Å²) in [5.41, 5.74) is 0. The van der Waals surface area contributed by atoms with Crippen molar-refractivity contribution in [2.75, 3.05) is 19.7 Å². The zero-order valence-electron chi connectivity index (χ0n) is 8.74.